The molecule has 0 radical (unpaired) electrons. The van der Waals surface area contributed by atoms with Gasteiger partial charge in [0.2, 0.25) is 0 Å². The van der Waals surface area contributed by atoms with E-state index in [0.717, 1.165) is 0 Å². The number of benzene rings is 1. The lowest BCUT2D eigenvalue weighted by Gasteiger charge is -2.28. The highest BCUT2D eigenvalue weighted by Gasteiger charge is 2.23. The van der Waals surface area contributed by atoms with Crippen molar-refractivity contribution in [1.29, 1.82) is 0 Å². The van der Waals surface area contributed by atoms with Crippen LogP contribution in [0.1, 0.15) is 49.3 Å². The van der Waals surface area contributed by atoms with Gasteiger partial charge in [0.1, 0.15) is 0 Å². The van der Waals surface area contributed by atoms with Crippen LogP contribution in [0.25, 0.3) is 0 Å². The molecule has 0 saturated heterocycles. The molecule has 88 valence electrons. The summed E-state index contributed by atoms with van der Waals surface area (Å²) in [7, 11) is 0. The van der Waals surface area contributed by atoms with Crippen molar-refractivity contribution in [2.75, 3.05) is 0 Å². The smallest absolute Gasteiger partial charge is 0.0326 e. The van der Waals surface area contributed by atoms with Crippen molar-refractivity contribution in [2.45, 2.75) is 45.1 Å². The molecule has 2 heteroatoms. The average Bonchev–Trinajstić information content (AvgIpc) is 2.33. The van der Waals surface area contributed by atoms with Gasteiger partial charge in [0.15, 0.2) is 0 Å². The maximum Gasteiger partial charge on any atom is 0.0326 e. The van der Waals surface area contributed by atoms with Gasteiger partial charge in [-0.1, -0.05) is 47.3 Å². The Kier molecular flexibility index (Phi) is 4.04. The van der Waals surface area contributed by atoms with Crippen molar-refractivity contribution in [1.82, 2.24) is 0 Å². The molecule has 0 aromatic heterocycles. The van der Waals surface area contributed by atoms with E-state index >= 15 is 0 Å². The normalized spacial score (nSPS) is 19.7. The molecule has 1 aromatic carbocycles. The van der Waals surface area contributed by atoms with E-state index in [4.69, 9.17) is 5.73 Å². The average molecular weight is 282 g/mol. The van der Waals surface area contributed by atoms with Crippen LogP contribution in [0, 0.1) is 12.8 Å². The first kappa shape index (κ1) is 12.1. The topological polar surface area (TPSA) is 26.0 Å². The van der Waals surface area contributed by atoms with Crippen LogP contribution in [-0.4, -0.2) is 0 Å². The Labute approximate surface area is 107 Å². The Balaban J connectivity index is 2.19. The monoisotopic (exact) mass is 281 g/mol. The van der Waals surface area contributed by atoms with Crippen molar-refractivity contribution < 1.29 is 0 Å². The van der Waals surface area contributed by atoms with E-state index in [2.05, 4.69) is 41.1 Å². The van der Waals surface area contributed by atoms with Gasteiger partial charge in [-0.05, 0) is 42.9 Å². The number of halogens is 1. The van der Waals surface area contributed by atoms with Crippen LogP contribution >= 0.6 is 15.9 Å². The SMILES string of the molecule is Cc1c(Br)cccc1C(N)C1CCCCC1. The molecule has 0 spiro atoms. The van der Waals surface area contributed by atoms with Crippen molar-refractivity contribution in [3.8, 4) is 0 Å². The summed E-state index contributed by atoms with van der Waals surface area (Å²) in [6.45, 7) is 2.15. The molecule has 1 unspecified atom stereocenters. The Morgan fingerprint density at radius 1 is 1.25 bits per heavy atom. The molecular weight excluding hydrogens is 262 g/mol. The summed E-state index contributed by atoms with van der Waals surface area (Å²) in [6.07, 6.45) is 6.69. The summed E-state index contributed by atoms with van der Waals surface area (Å²) in [6, 6.07) is 6.58. The Hall–Kier alpha value is -0.340. The molecule has 0 bridgehead atoms. The third kappa shape index (κ3) is 2.49. The molecule has 0 heterocycles. The van der Waals surface area contributed by atoms with E-state index in [1.54, 1.807) is 0 Å². The van der Waals surface area contributed by atoms with Gasteiger partial charge in [-0.2, -0.15) is 0 Å². The van der Waals surface area contributed by atoms with Gasteiger partial charge in [-0.15, -0.1) is 0 Å². The maximum absolute atomic E-state index is 6.42. The van der Waals surface area contributed by atoms with Crippen molar-refractivity contribution in [2.24, 2.45) is 11.7 Å². The Morgan fingerprint density at radius 3 is 2.62 bits per heavy atom. The lowest BCUT2D eigenvalue weighted by molar-refractivity contribution is 0.307. The van der Waals surface area contributed by atoms with Gasteiger partial charge < -0.3 is 5.73 Å². The van der Waals surface area contributed by atoms with Crippen LogP contribution in [-0.2, 0) is 0 Å². The second-order valence-electron chi connectivity index (χ2n) is 4.88. The van der Waals surface area contributed by atoms with Crippen LogP contribution in [0.5, 0.6) is 0 Å². The summed E-state index contributed by atoms with van der Waals surface area (Å²) in [4.78, 5) is 0. The van der Waals surface area contributed by atoms with Gasteiger partial charge in [-0.25, -0.2) is 0 Å². The standard InChI is InChI=1S/C14H20BrN/c1-10-12(8-5-9-13(10)15)14(16)11-6-3-2-4-7-11/h5,8-9,11,14H,2-4,6-7,16H2,1H3. The van der Waals surface area contributed by atoms with Crippen LogP contribution in [0.4, 0.5) is 0 Å². The highest BCUT2D eigenvalue weighted by Crippen LogP contribution is 2.35. The van der Waals surface area contributed by atoms with E-state index in [1.165, 1.54) is 47.7 Å². The highest BCUT2D eigenvalue weighted by molar-refractivity contribution is 9.10. The fourth-order valence-electron chi connectivity index (χ4n) is 2.73. The molecule has 1 nitrogen and oxygen atoms in total. The molecule has 0 aliphatic heterocycles. The molecule has 2 rings (SSSR count). The molecule has 16 heavy (non-hydrogen) atoms. The van der Waals surface area contributed by atoms with E-state index < -0.39 is 0 Å². The summed E-state index contributed by atoms with van der Waals surface area (Å²) in [5.74, 6) is 0.682. The summed E-state index contributed by atoms with van der Waals surface area (Å²) >= 11 is 3.58. The van der Waals surface area contributed by atoms with Crippen LogP contribution in [0.15, 0.2) is 22.7 Å². The zero-order valence-electron chi connectivity index (χ0n) is 9.88. The second kappa shape index (κ2) is 5.33. The molecule has 1 aliphatic carbocycles. The molecule has 0 amide bonds. The van der Waals surface area contributed by atoms with Gasteiger partial charge in [-0.3, -0.25) is 0 Å². The van der Waals surface area contributed by atoms with Gasteiger partial charge in [0.25, 0.3) is 0 Å². The third-order valence-corrected chi connectivity index (χ3v) is 4.69. The number of hydrogen-bond donors (Lipinski definition) is 1. The van der Waals surface area contributed by atoms with Gasteiger partial charge in [0.05, 0.1) is 0 Å². The van der Waals surface area contributed by atoms with Crippen LogP contribution in [0.3, 0.4) is 0 Å². The summed E-state index contributed by atoms with van der Waals surface area (Å²) in [5, 5.41) is 0. The lowest BCUT2D eigenvalue weighted by atomic mass is 9.80. The van der Waals surface area contributed by atoms with E-state index in [1.807, 2.05) is 0 Å². The van der Waals surface area contributed by atoms with E-state index in [9.17, 15) is 0 Å². The third-order valence-electron chi connectivity index (χ3n) is 3.83. The van der Waals surface area contributed by atoms with Crippen molar-refractivity contribution in [3.63, 3.8) is 0 Å². The lowest BCUT2D eigenvalue weighted by Crippen LogP contribution is -2.24. The van der Waals surface area contributed by atoms with Crippen molar-refractivity contribution in [3.05, 3.63) is 33.8 Å². The largest absolute Gasteiger partial charge is 0.324 e. The Morgan fingerprint density at radius 2 is 1.94 bits per heavy atom. The zero-order chi connectivity index (χ0) is 11.5. The highest BCUT2D eigenvalue weighted by atomic mass is 79.9. The number of hydrogen-bond acceptors (Lipinski definition) is 1. The maximum atomic E-state index is 6.42. The minimum absolute atomic E-state index is 0.220. The molecule has 1 fully saturated rings. The van der Waals surface area contributed by atoms with Gasteiger partial charge in [0, 0.05) is 10.5 Å². The quantitative estimate of drug-likeness (QED) is 0.858. The fourth-order valence-corrected chi connectivity index (χ4v) is 3.11. The Bertz CT molecular complexity index is 356. The molecule has 1 aliphatic rings. The predicted molar refractivity (Wildman–Crippen MR) is 72.4 cm³/mol. The minimum atomic E-state index is 0.220. The molecule has 2 N–H and O–H groups in total. The zero-order valence-corrected chi connectivity index (χ0v) is 11.5. The first-order valence-corrected chi connectivity index (χ1v) is 7.00. The molecule has 1 atom stereocenters. The first-order chi connectivity index (χ1) is 7.70. The van der Waals surface area contributed by atoms with E-state index in [-0.39, 0.29) is 6.04 Å². The molecule has 1 saturated carbocycles. The second-order valence-corrected chi connectivity index (χ2v) is 5.73. The molecule has 1 aromatic rings. The minimum Gasteiger partial charge on any atom is -0.324 e. The number of nitrogens with two attached hydrogens (primary N) is 1. The first-order valence-electron chi connectivity index (χ1n) is 6.20. The van der Waals surface area contributed by atoms with Crippen molar-refractivity contribution >= 4 is 15.9 Å². The number of rotatable bonds is 2. The fraction of sp³-hybridized carbons (Fsp3) is 0.571. The van der Waals surface area contributed by atoms with E-state index in [0.29, 0.717) is 5.92 Å². The summed E-state index contributed by atoms with van der Waals surface area (Å²) < 4.78 is 1.18. The molecular formula is C14H20BrN. The summed E-state index contributed by atoms with van der Waals surface area (Å²) in [5.41, 5.74) is 9.05. The predicted octanol–water partition coefficient (Wildman–Crippen LogP) is 4.34. The van der Waals surface area contributed by atoms with Crippen LogP contribution < -0.4 is 5.73 Å². The van der Waals surface area contributed by atoms with Crippen LogP contribution in [0.2, 0.25) is 0 Å². The van der Waals surface area contributed by atoms with Gasteiger partial charge >= 0.3 is 0 Å².